The first-order valence-corrected chi connectivity index (χ1v) is 6.97. The molecule has 1 rings (SSSR count). The zero-order valence-corrected chi connectivity index (χ0v) is 10.5. The van der Waals surface area contributed by atoms with E-state index in [-0.39, 0.29) is 11.4 Å². The van der Waals surface area contributed by atoms with Gasteiger partial charge in [-0.1, -0.05) is 19.1 Å². The Balaban J connectivity index is 2.89. The van der Waals surface area contributed by atoms with Gasteiger partial charge in [-0.2, -0.15) is 0 Å². The van der Waals surface area contributed by atoms with E-state index in [0.717, 1.165) is 6.26 Å². The van der Waals surface area contributed by atoms with E-state index in [1.54, 1.807) is 25.1 Å². The van der Waals surface area contributed by atoms with Gasteiger partial charge in [0.1, 0.15) is 0 Å². The summed E-state index contributed by atoms with van der Waals surface area (Å²) in [7, 11) is -3.31. The molecule has 2 N–H and O–H groups in total. The molecule has 6 heteroatoms. The van der Waals surface area contributed by atoms with Crippen LogP contribution in [0.1, 0.15) is 6.92 Å². The Morgan fingerprint density at radius 1 is 1.41 bits per heavy atom. The van der Waals surface area contributed by atoms with Gasteiger partial charge in [-0.3, -0.25) is 4.79 Å². The lowest BCUT2D eigenvalue weighted by atomic mass is 10.2. The quantitative estimate of drug-likeness (QED) is 0.828. The fraction of sp³-hybridized carbons (Fsp3) is 0.364. The van der Waals surface area contributed by atoms with Crippen LogP contribution < -0.4 is 5.32 Å². The molecular weight excluding hydrogens is 242 g/mol. The third kappa shape index (κ3) is 3.74. The second-order valence-corrected chi connectivity index (χ2v) is 5.87. The summed E-state index contributed by atoms with van der Waals surface area (Å²) in [4.78, 5) is 10.8. The number of benzene rings is 1. The van der Waals surface area contributed by atoms with Crippen molar-refractivity contribution >= 4 is 21.5 Å². The second-order valence-electron chi connectivity index (χ2n) is 3.89. The van der Waals surface area contributed by atoms with Gasteiger partial charge >= 0.3 is 5.97 Å². The van der Waals surface area contributed by atoms with Gasteiger partial charge in [0, 0.05) is 12.8 Å². The summed E-state index contributed by atoms with van der Waals surface area (Å²) < 4.78 is 23.0. The van der Waals surface area contributed by atoms with Gasteiger partial charge in [-0.05, 0) is 12.1 Å². The SMILES string of the molecule is CC(CNc1ccccc1S(C)(=O)=O)C(=O)O. The number of nitrogens with one attached hydrogen (secondary N) is 1. The van der Waals surface area contributed by atoms with Crippen molar-refractivity contribution in [2.45, 2.75) is 11.8 Å². The van der Waals surface area contributed by atoms with Crippen LogP contribution in [-0.2, 0) is 14.6 Å². The number of hydrogen-bond acceptors (Lipinski definition) is 4. The number of sulfone groups is 1. The van der Waals surface area contributed by atoms with E-state index >= 15 is 0 Å². The molecule has 0 aromatic heterocycles. The van der Waals surface area contributed by atoms with E-state index in [0.29, 0.717) is 5.69 Å². The zero-order chi connectivity index (χ0) is 13.1. The normalized spacial score (nSPS) is 13.1. The summed E-state index contributed by atoms with van der Waals surface area (Å²) in [5, 5.41) is 11.6. The first-order chi connectivity index (χ1) is 7.82. The highest BCUT2D eigenvalue weighted by Gasteiger charge is 2.15. The van der Waals surface area contributed by atoms with Crippen molar-refractivity contribution in [3.8, 4) is 0 Å². The second kappa shape index (κ2) is 5.18. The maximum absolute atomic E-state index is 11.5. The Morgan fingerprint density at radius 2 is 2.00 bits per heavy atom. The van der Waals surface area contributed by atoms with Crippen LogP contribution in [0.2, 0.25) is 0 Å². The fourth-order valence-corrected chi connectivity index (χ4v) is 2.15. The van der Waals surface area contributed by atoms with Gasteiger partial charge < -0.3 is 10.4 Å². The van der Waals surface area contributed by atoms with E-state index < -0.39 is 21.7 Å². The van der Waals surface area contributed by atoms with E-state index in [1.165, 1.54) is 6.07 Å². The number of carboxylic acid groups (broad SMARTS) is 1. The molecule has 5 nitrogen and oxygen atoms in total. The number of carbonyl (C=O) groups is 1. The van der Waals surface area contributed by atoms with Crippen LogP contribution in [0.5, 0.6) is 0 Å². The van der Waals surface area contributed by atoms with Crippen LogP contribution in [-0.4, -0.2) is 32.3 Å². The molecule has 17 heavy (non-hydrogen) atoms. The predicted molar refractivity (Wildman–Crippen MR) is 64.8 cm³/mol. The van der Waals surface area contributed by atoms with Crippen molar-refractivity contribution in [3.05, 3.63) is 24.3 Å². The van der Waals surface area contributed by atoms with Gasteiger partial charge in [0.05, 0.1) is 16.5 Å². The average molecular weight is 257 g/mol. The number of para-hydroxylation sites is 1. The smallest absolute Gasteiger partial charge is 0.308 e. The highest BCUT2D eigenvalue weighted by Crippen LogP contribution is 2.20. The molecule has 0 spiro atoms. The summed E-state index contributed by atoms with van der Waals surface area (Å²) >= 11 is 0. The third-order valence-corrected chi connectivity index (χ3v) is 3.46. The first-order valence-electron chi connectivity index (χ1n) is 5.08. The van der Waals surface area contributed by atoms with Gasteiger partial charge in [-0.25, -0.2) is 8.42 Å². The minimum Gasteiger partial charge on any atom is -0.481 e. The minimum atomic E-state index is -3.31. The lowest BCUT2D eigenvalue weighted by molar-refractivity contribution is -0.140. The fourth-order valence-electron chi connectivity index (χ4n) is 1.29. The Morgan fingerprint density at radius 3 is 2.53 bits per heavy atom. The summed E-state index contributed by atoms with van der Waals surface area (Å²) in [6, 6.07) is 6.43. The maximum atomic E-state index is 11.5. The molecule has 0 heterocycles. The lowest BCUT2D eigenvalue weighted by Crippen LogP contribution is -2.20. The Labute approximate surface area is 100 Å². The van der Waals surface area contributed by atoms with E-state index in [2.05, 4.69) is 5.32 Å². The molecule has 0 saturated carbocycles. The minimum absolute atomic E-state index is 0.178. The molecule has 0 aliphatic heterocycles. The number of rotatable bonds is 5. The molecule has 94 valence electrons. The molecule has 0 fully saturated rings. The average Bonchev–Trinajstić information content (AvgIpc) is 2.24. The van der Waals surface area contributed by atoms with Crippen LogP contribution >= 0.6 is 0 Å². The van der Waals surface area contributed by atoms with E-state index in [1.807, 2.05) is 0 Å². The molecule has 0 aliphatic carbocycles. The molecule has 1 aromatic rings. The molecule has 0 aliphatic rings. The number of anilines is 1. The van der Waals surface area contributed by atoms with E-state index in [9.17, 15) is 13.2 Å². The summed E-state index contributed by atoms with van der Waals surface area (Å²) in [6.07, 6.45) is 1.12. The summed E-state index contributed by atoms with van der Waals surface area (Å²) in [5.74, 6) is -1.50. The van der Waals surface area contributed by atoms with Crippen LogP contribution in [0.25, 0.3) is 0 Å². The number of carboxylic acids is 1. The van der Waals surface area contributed by atoms with Crippen molar-refractivity contribution in [2.24, 2.45) is 5.92 Å². The van der Waals surface area contributed by atoms with Crippen LogP contribution in [0.15, 0.2) is 29.2 Å². The van der Waals surface area contributed by atoms with E-state index in [4.69, 9.17) is 5.11 Å². The van der Waals surface area contributed by atoms with Crippen LogP contribution in [0.4, 0.5) is 5.69 Å². The van der Waals surface area contributed by atoms with Crippen molar-refractivity contribution in [1.29, 1.82) is 0 Å². The third-order valence-electron chi connectivity index (χ3n) is 2.31. The first kappa shape index (κ1) is 13.5. The number of hydrogen-bond donors (Lipinski definition) is 2. The summed E-state index contributed by atoms with van der Waals surface area (Å²) in [6.45, 7) is 1.74. The molecule has 0 saturated heterocycles. The lowest BCUT2D eigenvalue weighted by Gasteiger charge is -2.12. The predicted octanol–water partition coefficient (Wildman–Crippen LogP) is 1.22. The van der Waals surface area contributed by atoms with Crippen LogP contribution in [0.3, 0.4) is 0 Å². The van der Waals surface area contributed by atoms with Gasteiger partial charge in [-0.15, -0.1) is 0 Å². The monoisotopic (exact) mass is 257 g/mol. The van der Waals surface area contributed by atoms with Crippen molar-refractivity contribution < 1.29 is 18.3 Å². The molecule has 1 aromatic carbocycles. The number of aliphatic carboxylic acids is 1. The van der Waals surface area contributed by atoms with Gasteiger partial charge in [0.25, 0.3) is 0 Å². The highest BCUT2D eigenvalue weighted by molar-refractivity contribution is 7.90. The molecule has 0 radical (unpaired) electrons. The van der Waals surface area contributed by atoms with Crippen LogP contribution in [0, 0.1) is 5.92 Å². The zero-order valence-electron chi connectivity index (χ0n) is 9.67. The Kier molecular flexibility index (Phi) is 4.11. The standard InChI is InChI=1S/C11H15NO4S/c1-8(11(13)14)7-12-9-5-3-4-6-10(9)17(2,15)16/h3-6,8,12H,7H2,1-2H3,(H,13,14). The molecule has 0 amide bonds. The molecular formula is C11H15NO4S. The molecule has 1 unspecified atom stereocenters. The van der Waals surface area contributed by atoms with Gasteiger partial charge in [0.2, 0.25) is 0 Å². The molecule has 0 bridgehead atoms. The maximum Gasteiger partial charge on any atom is 0.308 e. The Bertz CT molecular complexity index is 510. The van der Waals surface area contributed by atoms with Crippen molar-refractivity contribution in [1.82, 2.24) is 0 Å². The highest BCUT2D eigenvalue weighted by atomic mass is 32.2. The van der Waals surface area contributed by atoms with Crippen molar-refractivity contribution in [3.63, 3.8) is 0 Å². The van der Waals surface area contributed by atoms with Gasteiger partial charge in [0.15, 0.2) is 9.84 Å². The van der Waals surface area contributed by atoms with Crippen molar-refractivity contribution in [2.75, 3.05) is 18.1 Å². The molecule has 1 atom stereocenters. The largest absolute Gasteiger partial charge is 0.481 e. The topological polar surface area (TPSA) is 83.5 Å². The summed E-state index contributed by atoms with van der Waals surface area (Å²) in [5.41, 5.74) is 0.433. The Hall–Kier alpha value is -1.56.